The van der Waals surface area contributed by atoms with Gasteiger partial charge in [-0.25, -0.2) is 4.98 Å². The van der Waals surface area contributed by atoms with Crippen molar-refractivity contribution in [3.05, 3.63) is 52.0 Å². The molecule has 0 spiro atoms. The maximum atomic E-state index is 12.6. The first-order valence-electron chi connectivity index (χ1n) is 8.23. The lowest BCUT2D eigenvalue weighted by atomic mass is 10.2. The third-order valence-electron chi connectivity index (χ3n) is 4.18. The number of rotatable bonds is 6. The number of aryl methyl sites for hydroxylation is 1. The predicted molar refractivity (Wildman–Crippen MR) is 94.8 cm³/mol. The third-order valence-corrected chi connectivity index (χ3v) is 5.10. The lowest BCUT2D eigenvalue weighted by Crippen LogP contribution is -2.45. The Morgan fingerprint density at radius 2 is 2.00 bits per heavy atom. The van der Waals surface area contributed by atoms with Gasteiger partial charge in [-0.15, -0.1) is 11.3 Å². The highest BCUT2D eigenvalue weighted by Crippen LogP contribution is 2.17. The number of ether oxygens (including phenoxy) is 1. The summed E-state index contributed by atoms with van der Waals surface area (Å²) in [5.74, 6) is 0.177. The number of carbonyl (C=O) groups is 1. The van der Waals surface area contributed by atoms with Gasteiger partial charge in [-0.2, -0.15) is 0 Å². The Labute approximate surface area is 146 Å². The van der Waals surface area contributed by atoms with Gasteiger partial charge in [0, 0.05) is 31.1 Å². The molecule has 1 aliphatic rings. The van der Waals surface area contributed by atoms with Crippen LogP contribution < -0.4 is 0 Å². The lowest BCUT2D eigenvalue weighted by Gasteiger charge is -2.30. The number of aromatic nitrogens is 1. The molecule has 0 bridgehead atoms. The van der Waals surface area contributed by atoms with Crippen molar-refractivity contribution in [2.75, 3.05) is 32.8 Å². The Kier molecular flexibility index (Phi) is 5.96. The van der Waals surface area contributed by atoms with Crippen LogP contribution in [-0.2, 0) is 22.6 Å². The SMILES string of the molecule is Cc1ncsc1CN(CC(=O)N1CCOCC1)Cc1ccccc1. The van der Waals surface area contributed by atoms with Crippen molar-refractivity contribution >= 4 is 17.2 Å². The molecular weight excluding hydrogens is 322 g/mol. The molecule has 1 fully saturated rings. The van der Waals surface area contributed by atoms with E-state index in [0.29, 0.717) is 32.8 Å². The van der Waals surface area contributed by atoms with Crippen LogP contribution in [0.5, 0.6) is 0 Å². The Bertz CT molecular complexity index is 653. The maximum absolute atomic E-state index is 12.6. The molecule has 2 aromatic rings. The second kappa shape index (κ2) is 8.37. The minimum absolute atomic E-state index is 0.177. The van der Waals surface area contributed by atoms with Gasteiger partial charge in [0.05, 0.1) is 31.0 Å². The summed E-state index contributed by atoms with van der Waals surface area (Å²) in [4.78, 5) is 22.3. The Balaban J connectivity index is 1.68. The molecule has 24 heavy (non-hydrogen) atoms. The Morgan fingerprint density at radius 1 is 1.25 bits per heavy atom. The first kappa shape index (κ1) is 17.1. The van der Waals surface area contributed by atoms with Gasteiger partial charge < -0.3 is 9.64 Å². The summed E-state index contributed by atoms with van der Waals surface area (Å²) >= 11 is 1.65. The predicted octanol–water partition coefficient (Wildman–Crippen LogP) is 2.31. The maximum Gasteiger partial charge on any atom is 0.236 e. The molecule has 6 heteroatoms. The summed E-state index contributed by atoms with van der Waals surface area (Å²) in [5, 5.41) is 0. The van der Waals surface area contributed by atoms with Gasteiger partial charge >= 0.3 is 0 Å². The summed E-state index contributed by atoms with van der Waals surface area (Å²) in [7, 11) is 0. The van der Waals surface area contributed by atoms with Crippen LogP contribution in [0.15, 0.2) is 35.8 Å². The van der Waals surface area contributed by atoms with Crippen LogP contribution >= 0.6 is 11.3 Å². The molecule has 128 valence electrons. The molecule has 0 atom stereocenters. The van der Waals surface area contributed by atoms with Gasteiger partial charge in [0.1, 0.15) is 0 Å². The third kappa shape index (κ3) is 4.63. The topological polar surface area (TPSA) is 45.7 Å². The zero-order valence-electron chi connectivity index (χ0n) is 14.0. The van der Waals surface area contributed by atoms with Crippen LogP contribution in [0.3, 0.4) is 0 Å². The second-order valence-corrected chi connectivity index (χ2v) is 6.92. The van der Waals surface area contributed by atoms with E-state index in [4.69, 9.17) is 4.74 Å². The highest BCUT2D eigenvalue weighted by atomic mass is 32.1. The van der Waals surface area contributed by atoms with E-state index in [1.54, 1.807) is 11.3 Å². The van der Waals surface area contributed by atoms with E-state index in [9.17, 15) is 4.79 Å². The molecular formula is C18H23N3O2S. The van der Waals surface area contributed by atoms with E-state index < -0.39 is 0 Å². The van der Waals surface area contributed by atoms with Gasteiger partial charge in [-0.3, -0.25) is 9.69 Å². The average Bonchev–Trinajstić information content (AvgIpc) is 3.01. The summed E-state index contributed by atoms with van der Waals surface area (Å²) in [6.07, 6.45) is 0. The van der Waals surface area contributed by atoms with E-state index >= 15 is 0 Å². The Hall–Kier alpha value is -1.76. The number of benzene rings is 1. The number of hydrogen-bond acceptors (Lipinski definition) is 5. The molecule has 1 aromatic heterocycles. The molecule has 3 rings (SSSR count). The average molecular weight is 345 g/mol. The van der Waals surface area contributed by atoms with Gasteiger partial charge in [-0.1, -0.05) is 30.3 Å². The number of morpholine rings is 1. The first-order valence-corrected chi connectivity index (χ1v) is 9.11. The molecule has 1 aliphatic heterocycles. The second-order valence-electron chi connectivity index (χ2n) is 5.98. The van der Waals surface area contributed by atoms with E-state index in [0.717, 1.165) is 18.8 Å². The monoisotopic (exact) mass is 345 g/mol. The van der Waals surface area contributed by atoms with Gasteiger partial charge in [0.25, 0.3) is 0 Å². The van der Waals surface area contributed by atoms with Crippen LogP contribution in [0.4, 0.5) is 0 Å². The van der Waals surface area contributed by atoms with Crippen LogP contribution in [0.2, 0.25) is 0 Å². The Morgan fingerprint density at radius 3 is 2.67 bits per heavy atom. The number of amides is 1. The molecule has 0 radical (unpaired) electrons. The smallest absolute Gasteiger partial charge is 0.236 e. The quantitative estimate of drug-likeness (QED) is 0.806. The normalized spacial score (nSPS) is 15.0. The molecule has 1 saturated heterocycles. The molecule has 0 unspecified atom stereocenters. The van der Waals surface area contributed by atoms with Crippen LogP contribution in [-0.4, -0.2) is 53.5 Å². The molecule has 2 heterocycles. The molecule has 0 saturated carbocycles. The summed E-state index contributed by atoms with van der Waals surface area (Å²) < 4.78 is 5.34. The van der Waals surface area contributed by atoms with Crippen LogP contribution in [0, 0.1) is 6.92 Å². The van der Waals surface area contributed by atoms with E-state index in [1.807, 2.05) is 35.5 Å². The van der Waals surface area contributed by atoms with Crippen molar-refractivity contribution in [3.8, 4) is 0 Å². The minimum atomic E-state index is 0.177. The van der Waals surface area contributed by atoms with E-state index in [1.165, 1.54) is 10.4 Å². The highest BCUT2D eigenvalue weighted by Gasteiger charge is 2.20. The minimum Gasteiger partial charge on any atom is -0.378 e. The van der Waals surface area contributed by atoms with Crippen molar-refractivity contribution in [1.29, 1.82) is 0 Å². The fraction of sp³-hybridized carbons (Fsp3) is 0.444. The number of carbonyl (C=O) groups excluding carboxylic acids is 1. The number of hydrogen-bond donors (Lipinski definition) is 0. The van der Waals surface area contributed by atoms with Crippen molar-refractivity contribution in [3.63, 3.8) is 0 Å². The molecule has 0 aliphatic carbocycles. The summed E-state index contributed by atoms with van der Waals surface area (Å²) in [6.45, 7) is 6.62. The van der Waals surface area contributed by atoms with Gasteiger partial charge in [0.2, 0.25) is 5.91 Å². The van der Waals surface area contributed by atoms with Crippen molar-refractivity contribution < 1.29 is 9.53 Å². The fourth-order valence-corrected chi connectivity index (χ4v) is 3.61. The zero-order valence-corrected chi connectivity index (χ0v) is 14.8. The first-order chi connectivity index (χ1) is 11.7. The molecule has 5 nitrogen and oxygen atoms in total. The van der Waals surface area contributed by atoms with Gasteiger partial charge in [-0.05, 0) is 12.5 Å². The van der Waals surface area contributed by atoms with Gasteiger partial charge in [0.15, 0.2) is 0 Å². The molecule has 1 aromatic carbocycles. The van der Waals surface area contributed by atoms with Crippen molar-refractivity contribution in [2.24, 2.45) is 0 Å². The van der Waals surface area contributed by atoms with E-state index in [2.05, 4.69) is 22.0 Å². The number of thiazole rings is 1. The largest absolute Gasteiger partial charge is 0.378 e. The number of nitrogens with zero attached hydrogens (tertiary/aromatic N) is 3. The standard InChI is InChI=1S/C18H23N3O2S/c1-15-17(24-14-19-15)12-20(11-16-5-3-2-4-6-16)13-18(22)21-7-9-23-10-8-21/h2-6,14H,7-13H2,1H3. The molecule has 0 N–H and O–H groups in total. The lowest BCUT2D eigenvalue weighted by molar-refractivity contribution is -0.136. The highest BCUT2D eigenvalue weighted by molar-refractivity contribution is 7.09. The zero-order chi connectivity index (χ0) is 16.8. The van der Waals surface area contributed by atoms with Crippen molar-refractivity contribution in [2.45, 2.75) is 20.0 Å². The van der Waals surface area contributed by atoms with Crippen LogP contribution in [0.1, 0.15) is 16.1 Å². The molecule has 1 amide bonds. The summed E-state index contributed by atoms with van der Waals surface area (Å²) in [6, 6.07) is 10.3. The fourth-order valence-electron chi connectivity index (χ4n) is 2.79. The van der Waals surface area contributed by atoms with E-state index in [-0.39, 0.29) is 5.91 Å². The van der Waals surface area contributed by atoms with Crippen LogP contribution in [0.25, 0.3) is 0 Å². The summed E-state index contributed by atoms with van der Waals surface area (Å²) in [5.41, 5.74) is 4.14. The van der Waals surface area contributed by atoms with Crippen molar-refractivity contribution in [1.82, 2.24) is 14.8 Å².